The second kappa shape index (κ2) is 5.15. The number of amides is 1. The van der Waals surface area contributed by atoms with Crippen LogP contribution in [0.1, 0.15) is 43.1 Å². The molecule has 5 heteroatoms. The van der Waals surface area contributed by atoms with Gasteiger partial charge in [-0.2, -0.15) is 0 Å². The van der Waals surface area contributed by atoms with Crippen molar-refractivity contribution in [1.82, 2.24) is 14.9 Å². The van der Waals surface area contributed by atoms with Gasteiger partial charge in [0.25, 0.3) is 5.91 Å². The Morgan fingerprint density at radius 3 is 2.74 bits per heavy atom. The quantitative estimate of drug-likeness (QED) is 0.902. The summed E-state index contributed by atoms with van der Waals surface area (Å²) in [6.07, 6.45) is 6.18. The second-order valence-electron chi connectivity index (χ2n) is 5.66. The number of carbonyl (C=O) groups excluding carboxylic acids is 1. The standard InChI is InChI=1S/C14H20N4O/c1-10-5-8-18(9-6-10)13(19)12-4-7-15-14(17-12)16-11-2-3-11/h4,7,10-11H,2-3,5-6,8-9H2,1H3,(H,15,16,17). The normalized spacial score (nSPS) is 20.4. The molecule has 1 aliphatic heterocycles. The molecule has 0 spiro atoms. The lowest BCUT2D eigenvalue weighted by Gasteiger charge is -2.30. The minimum absolute atomic E-state index is 0.0353. The van der Waals surface area contributed by atoms with Crippen LogP contribution in [0.15, 0.2) is 12.3 Å². The molecule has 1 aliphatic carbocycles. The molecule has 0 aromatic carbocycles. The predicted octanol–water partition coefficient (Wildman–Crippen LogP) is 1.92. The van der Waals surface area contributed by atoms with Crippen molar-refractivity contribution in [3.05, 3.63) is 18.0 Å². The third kappa shape index (κ3) is 3.03. The average molecular weight is 260 g/mol. The molecule has 2 aliphatic rings. The van der Waals surface area contributed by atoms with Crippen LogP contribution in [0, 0.1) is 5.92 Å². The van der Waals surface area contributed by atoms with Gasteiger partial charge in [-0.1, -0.05) is 6.92 Å². The Hall–Kier alpha value is -1.65. The molecule has 19 heavy (non-hydrogen) atoms. The van der Waals surface area contributed by atoms with Crippen molar-refractivity contribution in [2.24, 2.45) is 5.92 Å². The largest absolute Gasteiger partial charge is 0.351 e. The van der Waals surface area contributed by atoms with E-state index in [4.69, 9.17) is 0 Å². The minimum atomic E-state index is 0.0353. The lowest BCUT2D eigenvalue weighted by molar-refractivity contribution is 0.0691. The Morgan fingerprint density at radius 1 is 1.32 bits per heavy atom. The predicted molar refractivity (Wildman–Crippen MR) is 73.0 cm³/mol. The van der Waals surface area contributed by atoms with Gasteiger partial charge in [-0.3, -0.25) is 4.79 Å². The SMILES string of the molecule is CC1CCN(C(=O)c2ccnc(NC3CC3)n2)CC1. The van der Waals surface area contributed by atoms with Crippen LogP contribution in [0.5, 0.6) is 0 Å². The van der Waals surface area contributed by atoms with Gasteiger partial charge in [0.05, 0.1) is 0 Å². The minimum Gasteiger partial charge on any atom is -0.351 e. The van der Waals surface area contributed by atoms with E-state index < -0.39 is 0 Å². The van der Waals surface area contributed by atoms with Gasteiger partial charge in [-0.05, 0) is 37.7 Å². The van der Waals surface area contributed by atoms with Crippen molar-refractivity contribution in [1.29, 1.82) is 0 Å². The average Bonchev–Trinajstić information content (AvgIpc) is 3.23. The first-order valence-electron chi connectivity index (χ1n) is 7.11. The first-order chi connectivity index (χ1) is 9.22. The van der Waals surface area contributed by atoms with Crippen molar-refractivity contribution in [2.75, 3.05) is 18.4 Å². The van der Waals surface area contributed by atoms with Crippen molar-refractivity contribution in [2.45, 2.75) is 38.6 Å². The van der Waals surface area contributed by atoms with E-state index in [1.807, 2.05) is 4.90 Å². The lowest BCUT2D eigenvalue weighted by Crippen LogP contribution is -2.38. The molecule has 2 heterocycles. The van der Waals surface area contributed by atoms with Crippen LogP contribution in [-0.2, 0) is 0 Å². The summed E-state index contributed by atoms with van der Waals surface area (Å²) in [5.74, 6) is 1.34. The van der Waals surface area contributed by atoms with Crippen molar-refractivity contribution in [3.8, 4) is 0 Å². The third-order valence-electron chi connectivity index (χ3n) is 3.86. The maximum absolute atomic E-state index is 12.4. The Bertz CT molecular complexity index is 464. The van der Waals surface area contributed by atoms with Crippen molar-refractivity contribution in [3.63, 3.8) is 0 Å². The number of aromatic nitrogens is 2. The topological polar surface area (TPSA) is 58.1 Å². The van der Waals surface area contributed by atoms with E-state index in [1.165, 1.54) is 12.8 Å². The van der Waals surface area contributed by atoms with E-state index in [1.54, 1.807) is 12.3 Å². The highest BCUT2D eigenvalue weighted by molar-refractivity contribution is 5.92. The number of hydrogen-bond donors (Lipinski definition) is 1. The highest BCUT2D eigenvalue weighted by Crippen LogP contribution is 2.23. The number of likely N-dealkylation sites (tertiary alicyclic amines) is 1. The highest BCUT2D eigenvalue weighted by atomic mass is 16.2. The van der Waals surface area contributed by atoms with Gasteiger partial charge in [0.15, 0.2) is 0 Å². The van der Waals surface area contributed by atoms with Crippen LogP contribution in [0.25, 0.3) is 0 Å². The summed E-state index contributed by atoms with van der Waals surface area (Å²) in [5, 5.41) is 3.23. The van der Waals surface area contributed by atoms with Crippen LogP contribution >= 0.6 is 0 Å². The zero-order chi connectivity index (χ0) is 13.2. The van der Waals surface area contributed by atoms with Crippen LogP contribution in [0.3, 0.4) is 0 Å². The molecule has 0 unspecified atom stereocenters. The van der Waals surface area contributed by atoms with Crippen LogP contribution in [0.4, 0.5) is 5.95 Å². The Kier molecular flexibility index (Phi) is 3.36. The van der Waals surface area contributed by atoms with Crippen LogP contribution in [0.2, 0.25) is 0 Å². The first kappa shape index (κ1) is 12.4. The molecule has 1 N–H and O–H groups in total. The zero-order valence-electron chi connectivity index (χ0n) is 11.3. The fraction of sp³-hybridized carbons (Fsp3) is 0.643. The molecule has 1 amide bonds. The zero-order valence-corrected chi connectivity index (χ0v) is 11.3. The molecule has 1 aromatic heterocycles. The maximum atomic E-state index is 12.4. The molecule has 0 bridgehead atoms. The van der Waals surface area contributed by atoms with Gasteiger partial charge in [0, 0.05) is 25.3 Å². The Balaban J connectivity index is 1.68. The molecule has 0 radical (unpaired) electrons. The molecular formula is C14H20N4O. The molecular weight excluding hydrogens is 240 g/mol. The van der Waals surface area contributed by atoms with Gasteiger partial charge >= 0.3 is 0 Å². The van der Waals surface area contributed by atoms with Gasteiger partial charge in [-0.15, -0.1) is 0 Å². The van der Waals surface area contributed by atoms with Gasteiger partial charge in [0.2, 0.25) is 5.95 Å². The second-order valence-corrected chi connectivity index (χ2v) is 5.66. The number of nitrogens with zero attached hydrogens (tertiary/aromatic N) is 3. The van der Waals surface area contributed by atoms with E-state index in [9.17, 15) is 4.79 Å². The van der Waals surface area contributed by atoms with E-state index in [-0.39, 0.29) is 5.91 Å². The fourth-order valence-electron chi connectivity index (χ4n) is 2.33. The summed E-state index contributed by atoms with van der Waals surface area (Å²) in [5.41, 5.74) is 0.507. The fourth-order valence-corrected chi connectivity index (χ4v) is 2.33. The maximum Gasteiger partial charge on any atom is 0.272 e. The monoisotopic (exact) mass is 260 g/mol. The summed E-state index contributed by atoms with van der Waals surface area (Å²) < 4.78 is 0. The molecule has 1 aromatic rings. The first-order valence-corrected chi connectivity index (χ1v) is 7.11. The molecule has 2 fully saturated rings. The van der Waals surface area contributed by atoms with Gasteiger partial charge in [-0.25, -0.2) is 9.97 Å². The molecule has 3 rings (SSSR count). The smallest absolute Gasteiger partial charge is 0.272 e. The molecule has 5 nitrogen and oxygen atoms in total. The summed E-state index contributed by atoms with van der Waals surface area (Å²) in [6.45, 7) is 3.93. The summed E-state index contributed by atoms with van der Waals surface area (Å²) >= 11 is 0. The molecule has 0 atom stereocenters. The van der Waals surface area contributed by atoms with Gasteiger partial charge in [0.1, 0.15) is 5.69 Å². The number of hydrogen-bond acceptors (Lipinski definition) is 4. The van der Waals surface area contributed by atoms with E-state index in [0.717, 1.165) is 31.8 Å². The van der Waals surface area contributed by atoms with E-state index in [0.29, 0.717) is 17.7 Å². The lowest BCUT2D eigenvalue weighted by atomic mass is 9.99. The summed E-state index contributed by atoms with van der Waals surface area (Å²) in [6, 6.07) is 2.21. The Morgan fingerprint density at radius 2 is 2.05 bits per heavy atom. The number of carbonyl (C=O) groups is 1. The molecule has 102 valence electrons. The summed E-state index contributed by atoms with van der Waals surface area (Å²) in [7, 11) is 0. The molecule has 1 saturated carbocycles. The third-order valence-corrected chi connectivity index (χ3v) is 3.86. The number of anilines is 1. The highest BCUT2D eigenvalue weighted by Gasteiger charge is 2.24. The summed E-state index contributed by atoms with van der Waals surface area (Å²) in [4.78, 5) is 22.8. The van der Waals surface area contributed by atoms with Crippen LogP contribution < -0.4 is 5.32 Å². The molecule has 1 saturated heterocycles. The number of rotatable bonds is 3. The van der Waals surface area contributed by atoms with Crippen molar-refractivity contribution < 1.29 is 4.79 Å². The van der Waals surface area contributed by atoms with E-state index >= 15 is 0 Å². The van der Waals surface area contributed by atoms with Gasteiger partial charge < -0.3 is 10.2 Å². The van der Waals surface area contributed by atoms with E-state index in [2.05, 4.69) is 22.2 Å². The number of piperidine rings is 1. The number of nitrogens with one attached hydrogen (secondary N) is 1. The van der Waals surface area contributed by atoms with Crippen LogP contribution in [-0.4, -0.2) is 39.9 Å². The van der Waals surface area contributed by atoms with Crippen molar-refractivity contribution >= 4 is 11.9 Å². The Labute approximate surface area is 113 Å².